The molecule has 21 heavy (non-hydrogen) atoms. The molecule has 4 nitrogen and oxygen atoms in total. The molecule has 2 heterocycles. The van der Waals surface area contributed by atoms with Crippen LogP contribution in [0, 0.1) is 12.8 Å². The Kier molecular flexibility index (Phi) is 5.47. The SMILES string of the molecule is Cc1ccc(CN(C)C2(CN)CCN(CC(C)C)CC2)o1. The van der Waals surface area contributed by atoms with Gasteiger partial charge in [-0.25, -0.2) is 0 Å². The Morgan fingerprint density at radius 1 is 1.33 bits per heavy atom. The van der Waals surface area contributed by atoms with E-state index in [1.807, 2.05) is 13.0 Å². The van der Waals surface area contributed by atoms with E-state index in [1.54, 1.807) is 0 Å². The first kappa shape index (κ1) is 16.5. The van der Waals surface area contributed by atoms with Crippen LogP contribution >= 0.6 is 0 Å². The summed E-state index contributed by atoms with van der Waals surface area (Å²) in [5.74, 6) is 2.75. The predicted octanol–water partition coefficient (Wildman–Crippen LogP) is 2.47. The molecule has 0 atom stereocenters. The molecule has 4 heteroatoms. The van der Waals surface area contributed by atoms with E-state index in [4.69, 9.17) is 10.2 Å². The van der Waals surface area contributed by atoms with Gasteiger partial charge in [0, 0.05) is 18.6 Å². The summed E-state index contributed by atoms with van der Waals surface area (Å²) < 4.78 is 5.72. The summed E-state index contributed by atoms with van der Waals surface area (Å²) >= 11 is 0. The van der Waals surface area contributed by atoms with Gasteiger partial charge in [0.2, 0.25) is 0 Å². The lowest BCUT2D eigenvalue weighted by atomic mass is 9.85. The lowest BCUT2D eigenvalue weighted by Crippen LogP contribution is -2.58. The first-order valence-corrected chi connectivity index (χ1v) is 8.14. The van der Waals surface area contributed by atoms with Crippen molar-refractivity contribution in [2.75, 3.05) is 33.2 Å². The Labute approximate surface area is 129 Å². The molecule has 0 saturated carbocycles. The monoisotopic (exact) mass is 293 g/mol. The molecule has 1 aliphatic rings. The highest BCUT2D eigenvalue weighted by Crippen LogP contribution is 2.29. The number of hydrogen-bond acceptors (Lipinski definition) is 4. The number of rotatable bonds is 6. The average molecular weight is 293 g/mol. The fourth-order valence-electron chi connectivity index (χ4n) is 3.38. The molecule has 2 rings (SSSR count). The summed E-state index contributed by atoms with van der Waals surface area (Å²) in [5.41, 5.74) is 6.27. The first-order chi connectivity index (χ1) is 9.95. The highest BCUT2D eigenvalue weighted by molar-refractivity contribution is 5.07. The molecule has 1 aliphatic heterocycles. The number of piperidine rings is 1. The van der Waals surface area contributed by atoms with Crippen LogP contribution in [0.3, 0.4) is 0 Å². The van der Waals surface area contributed by atoms with Crippen LogP contribution in [0.15, 0.2) is 16.5 Å². The van der Waals surface area contributed by atoms with Gasteiger partial charge in [0.1, 0.15) is 11.5 Å². The Bertz CT molecular complexity index is 433. The van der Waals surface area contributed by atoms with E-state index in [0.29, 0.717) is 0 Å². The summed E-state index contributed by atoms with van der Waals surface area (Å²) in [6.07, 6.45) is 2.29. The lowest BCUT2D eigenvalue weighted by molar-refractivity contribution is 0.0324. The number of nitrogens with zero attached hydrogens (tertiary/aromatic N) is 2. The fourth-order valence-corrected chi connectivity index (χ4v) is 3.38. The lowest BCUT2D eigenvalue weighted by Gasteiger charge is -2.47. The third kappa shape index (κ3) is 4.09. The van der Waals surface area contributed by atoms with E-state index >= 15 is 0 Å². The molecule has 0 radical (unpaired) electrons. The van der Waals surface area contributed by atoms with Crippen molar-refractivity contribution in [2.45, 2.75) is 45.7 Å². The Morgan fingerprint density at radius 2 is 2.00 bits per heavy atom. The number of likely N-dealkylation sites (tertiary alicyclic amines) is 1. The summed E-state index contributed by atoms with van der Waals surface area (Å²) in [4.78, 5) is 4.97. The van der Waals surface area contributed by atoms with E-state index in [1.165, 1.54) is 6.54 Å². The molecule has 0 amide bonds. The van der Waals surface area contributed by atoms with Crippen molar-refractivity contribution in [3.63, 3.8) is 0 Å². The molecular formula is C17H31N3O. The summed E-state index contributed by atoms with van der Waals surface area (Å²) in [6, 6.07) is 4.10. The molecule has 0 unspecified atom stereocenters. The Balaban J connectivity index is 1.95. The van der Waals surface area contributed by atoms with Gasteiger partial charge >= 0.3 is 0 Å². The normalized spacial score (nSPS) is 19.6. The predicted molar refractivity (Wildman–Crippen MR) is 87.2 cm³/mol. The zero-order chi connectivity index (χ0) is 15.5. The second-order valence-corrected chi connectivity index (χ2v) is 6.99. The number of likely N-dealkylation sites (N-methyl/N-ethyl adjacent to an activating group) is 1. The average Bonchev–Trinajstić information content (AvgIpc) is 2.84. The number of furan rings is 1. The van der Waals surface area contributed by atoms with Crippen LogP contribution in [0.25, 0.3) is 0 Å². The van der Waals surface area contributed by atoms with Gasteiger partial charge < -0.3 is 15.1 Å². The van der Waals surface area contributed by atoms with Gasteiger partial charge in [-0.2, -0.15) is 0 Å². The smallest absolute Gasteiger partial charge is 0.118 e. The minimum atomic E-state index is 0.119. The van der Waals surface area contributed by atoms with Crippen molar-refractivity contribution in [3.8, 4) is 0 Å². The molecule has 0 spiro atoms. The van der Waals surface area contributed by atoms with Gasteiger partial charge in [0.15, 0.2) is 0 Å². The number of hydrogen-bond donors (Lipinski definition) is 1. The second-order valence-electron chi connectivity index (χ2n) is 6.99. The second kappa shape index (κ2) is 6.95. The Morgan fingerprint density at radius 3 is 2.48 bits per heavy atom. The van der Waals surface area contributed by atoms with Crippen LogP contribution in [0.5, 0.6) is 0 Å². The van der Waals surface area contributed by atoms with Crippen molar-refractivity contribution >= 4 is 0 Å². The molecule has 2 N–H and O–H groups in total. The molecule has 0 bridgehead atoms. The molecule has 120 valence electrons. The van der Waals surface area contributed by atoms with E-state index in [0.717, 1.165) is 56.5 Å². The molecule has 1 fully saturated rings. The molecule has 1 aromatic heterocycles. The first-order valence-electron chi connectivity index (χ1n) is 8.14. The van der Waals surface area contributed by atoms with Crippen LogP contribution in [0.1, 0.15) is 38.2 Å². The van der Waals surface area contributed by atoms with Gasteiger partial charge in [-0.3, -0.25) is 4.90 Å². The standard InChI is InChI=1S/C17H31N3O/c1-14(2)11-20-9-7-17(13-18,8-10-20)19(4)12-16-6-5-15(3)21-16/h5-6,14H,7-13,18H2,1-4H3. The molecular weight excluding hydrogens is 262 g/mol. The minimum Gasteiger partial charge on any atom is -0.465 e. The molecule has 1 saturated heterocycles. The zero-order valence-corrected chi connectivity index (χ0v) is 14.1. The largest absolute Gasteiger partial charge is 0.465 e. The number of nitrogens with two attached hydrogens (primary N) is 1. The maximum Gasteiger partial charge on any atom is 0.118 e. The maximum absolute atomic E-state index is 6.15. The van der Waals surface area contributed by atoms with Crippen LogP contribution in [0.2, 0.25) is 0 Å². The third-order valence-corrected chi connectivity index (χ3v) is 4.79. The van der Waals surface area contributed by atoms with Crippen molar-refractivity contribution in [1.82, 2.24) is 9.80 Å². The highest BCUT2D eigenvalue weighted by Gasteiger charge is 2.37. The van der Waals surface area contributed by atoms with E-state index in [9.17, 15) is 0 Å². The number of aryl methyl sites for hydroxylation is 1. The zero-order valence-electron chi connectivity index (χ0n) is 14.1. The van der Waals surface area contributed by atoms with Crippen LogP contribution in [-0.2, 0) is 6.54 Å². The van der Waals surface area contributed by atoms with Gasteiger partial charge in [-0.05, 0) is 58.0 Å². The van der Waals surface area contributed by atoms with Gasteiger partial charge in [0.25, 0.3) is 0 Å². The van der Waals surface area contributed by atoms with Gasteiger partial charge in [-0.1, -0.05) is 13.8 Å². The van der Waals surface area contributed by atoms with Crippen molar-refractivity contribution in [3.05, 3.63) is 23.7 Å². The van der Waals surface area contributed by atoms with Crippen LogP contribution in [0.4, 0.5) is 0 Å². The Hall–Kier alpha value is -0.840. The van der Waals surface area contributed by atoms with E-state index in [2.05, 4.69) is 36.8 Å². The van der Waals surface area contributed by atoms with Crippen molar-refractivity contribution in [1.29, 1.82) is 0 Å². The van der Waals surface area contributed by atoms with Gasteiger partial charge in [-0.15, -0.1) is 0 Å². The third-order valence-electron chi connectivity index (χ3n) is 4.79. The highest BCUT2D eigenvalue weighted by atomic mass is 16.3. The van der Waals surface area contributed by atoms with Crippen molar-refractivity contribution < 1.29 is 4.42 Å². The molecule has 1 aromatic rings. The molecule has 0 aliphatic carbocycles. The van der Waals surface area contributed by atoms with Gasteiger partial charge in [0.05, 0.1) is 6.54 Å². The van der Waals surface area contributed by atoms with Crippen LogP contribution in [-0.4, -0.2) is 48.6 Å². The maximum atomic E-state index is 6.15. The van der Waals surface area contributed by atoms with E-state index < -0.39 is 0 Å². The summed E-state index contributed by atoms with van der Waals surface area (Å²) in [7, 11) is 2.18. The summed E-state index contributed by atoms with van der Waals surface area (Å²) in [6.45, 7) is 11.6. The quantitative estimate of drug-likeness (QED) is 0.875. The topological polar surface area (TPSA) is 45.6 Å². The molecule has 0 aromatic carbocycles. The minimum absolute atomic E-state index is 0.119. The van der Waals surface area contributed by atoms with Crippen molar-refractivity contribution in [2.24, 2.45) is 11.7 Å². The summed E-state index contributed by atoms with van der Waals surface area (Å²) in [5, 5.41) is 0. The van der Waals surface area contributed by atoms with Crippen LogP contribution < -0.4 is 5.73 Å². The van der Waals surface area contributed by atoms with E-state index in [-0.39, 0.29) is 5.54 Å². The fraction of sp³-hybridized carbons (Fsp3) is 0.765.